The Balaban J connectivity index is 1.71. The Bertz CT molecular complexity index is 776. The molecule has 0 aliphatic heterocycles. The first-order valence-corrected chi connectivity index (χ1v) is 13.9. The molecule has 4 fully saturated rings. The molecule has 33 heavy (non-hydrogen) atoms. The van der Waals surface area contributed by atoms with Gasteiger partial charge in [-0.2, -0.15) is 0 Å². The molecule has 0 heterocycles. The minimum absolute atomic E-state index is 0.0459. The first kappa shape index (κ1) is 25.2. The number of aliphatic carboxylic acids is 1. The van der Waals surface area contributed by atoms with E-state index in [2.05, 4.69) is 41.5 Å². The molecule has 4 aliphatic carbocycles. The van der Waals surface area contributed by atoms with E-state index < -0.39 is 5.97 Å². The number of fused-ring (bicyclic) bond motifs is 5. The van der Waals surface area contributed by atoms with Crippen LogP contribution < -0.4 is 0 Å². The first-order chi connectivity index (χ1) is 15.4. The van der Waals surface area contributed by atoms with Gasteiger partial charge in [0.05, 0.1) is 6.10 Å². The van der Waals surface area contributed by atoms with Gasteiger partial charge in [0.2, 0.25) is 0 Å². The molecule has 188 valence electrons. The van der Waals surface area contributed by atoms with Crippen molar-refractivity contribution in [1.82, 2.24) is 0 Å². The summed E-state index contributed by atoms with van der Waals surface area (Å²) in [7, 11) is 0. The molecule has 4 saturated carbocycles. The molecular formula is C29H48O4. The SMILES string of the molecule is CC[C@H]1C(=O)[C@H]2C3CC[C@H]([C@H](C)CCC(=O)O)[C@@]3(C)CCC2[C@@]2(C)CC[C@@H](O)C[C@@]12C(C)C. The van der Waals surface area contributed by atoms with Gasteiger partial charge in [-0.05, 0) is 104 Å². The smallest absolute Gasteiger partial charge is 0.303 e. The summed E-state index contributed by atoms with van der Waals surface area (Å²) in [5.41, 5.74) is 0.154. The molecule has 0 radical (unpaired) electrons. The maximum Gasteiger partial charge on any atom is 0.303 e. The number of rotatable bonds is 6. The molecule has 4 heteroatoms. The lowest BCUT2D eigenvalue weighted by Crippen LogP contribution is -2.67. The lowest BCUT2D eigenvalue weighted by molar-refractivity contribution is -0.218. The highest BCUT2D eigenvalue weighted by atomic mass is 16.4. The van der Waals surface area contributed by atoms with Gasteiger partial charge in [0.25, 0.3) is 0 Å². The average molecular weight is 461 g/mol. The molecule has 4 aliphatic rings. The highest BCUT2D eigenvalue weighted by Crippen LogP contribution is 2.73. The second kappa shape index (κ2) is 8.64. The number of carbonyl (C=O) groups is 2. The standard InChI is InChI=1S/C29H48O4/c1-7-20-26(33)25-22-10-9-21(18(4)8-11-24(31)32)27(22,5)14-13-23(25)28(6)15-12-19(30)16-29(20,28)17(2)3/h17-23,25,30H,7-16H2,1-6H3,(H,31,32)/t18-,19-,20+,21-,22?,23?,25+,27-,28-,29-/m1/s1. The van der Waals surface area contributed by atoms with Gasteiger partial charge in [-0.25, -0.2) is 0 Å². The molecule has 0 aromatic rings. The predicted octanol–water partition coefficient (Wildman–Crippen LogP) is 6.35. The lowest BCUT2D eigenvalue weighted by Gasteiger charge is -2.69. The van der Waals surface area contributed by atoms with Crippen molar-refractivity contribution in [2.75, 3.05) is 0 Å². The molecule has 4 nitrogen and oxygen atoms in total. The van der Waals surface area contributed by atoms with Crippen molar-refractivity contribution in [2.45, 2.75) is 112 Å². The van der Waals surface area contributed by atoms with Gasteiger partial charge in [0.1, 0.15) is 5.78 Å². The third kappa shape index (κ3) is 3.47. The maximum atomic E-state index is 14.4. The number of carboxylic acids is 1. The third-order valence-electron chi connectivity index (χ3n) is 12.0. The summed E-state index contributed by atoms with van der Waals surface area (Å²) < 4.78 is 0. The Kier molecular flexibility index (Phi) is 6.60. The second-order valence-electron chi connectivity index (χ2n) is 13.2. The van der Waals surface area contributed by atoms with Crippen LogP contribution in [0.15, 0.2) is 0 Å². The van der Waals surface area contributed by atoms with Gasteiger partial charge in [-0.15, -0.1) is 0 Å². The molecular weight excluding hydrogens is 412 g/mol. The summed E-state index contributed by atoms with van der Waals surface area (Å²) in [5, 5.41) is 20.0. The molecule has 0 aromatic heterocycles. The summed E-state index contributed by atoms with van der Waals surface area (Å²) in [4.78, 5) is 25.6. The van der Waals surface area contributed by atoms with Crippen molar-refractivity contribution in [1.29, 1.82) is 0 Å². The van der Waals surface area contributed by atoms with Crippen LogP contribution in [-0.4, -0.2) is 28.1 Å². The van der Waals surface area contributed by atoms with Gasteiger partial charge in [-0.3, -0.25) is 9.59 Å². The number of aliphatic hydroxyl groups excluding tert-OH is 1. The molecule has 4 rings (SSSR count). The highest BCUT2D eigenvalue weighted by Gasteiger charge is 2.70. The summed E-state index contributed by atoms with van der Waals surface area (Å²) >= 11 is 0. The topological polar surface area (TPSA) is 74.6 Å². The Labute approximate surface area is 201 Å². The number of carbonyl (C=O) groups excluding carboxylic acids is 1. The van der Waals surface area contributed by atoms with Gasteiger partial charge in [0.15, 0.2) is 0 Å². The van der Waals surface area contributed by atoms with E-state index in [-0.39, 0.29) is 40.6 Å². The van der Waals surface area contributed by atoms with E-state index in [1.54, 1.807) is 0 Å². The maximum absolute atomic E-state index is 14.4. The minimum atomic E-state index is -0.698. The minimum Gasteiger partial charge on any atom is -0.481 e. The van der Waals surface area contributed by atoms with Crippen molar-refractivity contribution in [3.8, 4) is 0 Å². The normalized spacial score (nSPS) is 48.2. The van der Waals surface area contributed by atoms with Gasteiger partial charge in [0, 0.05) is 18.3 Å². The average Bonchev–Trinajstić information content (AvgIpc) is 3.10. The van der Waals surface area contributed by atoms with E-state index in [1.807, 2.05) is 0 Å². The van der Waals surface area contributed by atoms with Gasteiger partial charge < -0.3 is 10.2 Å². The Hall–Kier alpha value is -0.900. The van der Waals surface area contributed by atoms with Crippen molar-refractivity contribution < 1.29 is 19.8 Å². The van der Waals surface area contributed by atoms with Gasteiger partial charge >= 0.3 is 5.97 Å². The van der Waals surface area contributed by atoms with Gasteiger partial charge in [-0.1, -0.05) is 41.5 Å². The first-order valence-electron chi connectivity index (χ1n) is 13.9. The number of ketones is 1. The Morgan fingerprint density at radius 3 is 2.36 bits per heavy atom. The second-order valence-corrected chi connectivity index (χ2v) is 13.2. The molecule has 10 atom stereocenters. The summed E-state index contributed by atoms with van der Waals surface area (Å²) in [6.45, 7) is 14.0. The molecule has 0 amide bonds. The molecule has 0 saturated heterocycles. The van der Waals surface area contributed by atoms with Crippen molar-refractivity contribution >= 4 is 11.8 Å². The molecule has 2 unspecified atom stereocenters. The Morgan fingerprint density at radius 2 is 1.76 bits per heavy atom. The van der Waals surface area contributed by atoms with Crippen molar-refractivity contribution in [2.24, 2.45) is 57.7 Å². The van der Waals surface area contributed by atoms with E-state index in [1.165, 1.54) is 0 Å². The van der Waals surface area contributed by atoms with Crippen LogP contribution in [0.25, 0.3) is 0 Å². The molecule has 0 bridgehead atoms. The van der Waals surface area contributed by atoms with E-state index in [9.17, 15) is 19.8 Å². The van der Waals surface area contributed by atoms with Crippen molar-refractivity contribution in [3.63, 3.8) is 0 Å². The fraction of sp³-hybridized carbons (Fsp3) is 0.931. The fourth-order valence-corrected chi connectivity index (χ4v) is 10.6. The molecule has 2 N–H and O–H groups in total. The number of aliphatic hydroxyl groups is 1. The quantitative estimate of drug-likeness (QED) is 0.484. The third-order valence-corrected chi connectivity index (χ3v) is 12.0. The molecule has 0 spiro atoms. The predicted molar refractivity (Wildman–Crippen MR) is 131 cm³/mol. The van der Waals surface area contributed by atoms with Crippen molar-refractivity contribution in [3.05, 3.63) is 0 Å². The van der Waals surface area contributed by atoms with E-state index in [0.717, 1.165) is 57.8 Å². The zero-order valence-electron chi connectivity index (χ0n) is 21.9. The number of hydrogen-bond acceptors (Lipinski definition) is 3. The van der Waals surface area contributed by atoms with Crippen LogP contribution in [0.5, 0.6) is 0 Å². The van der Waals surface area contributed by atoms with Crippen LogP contribution in [0.2, 0.25) is 0 Å². The van der Waals surface area contributed by atoms with Crippen LogP contribution in [0, 0.1) is 57.7 Å². The number of Topliss-reactive ketones (excluding diaryl/α,β-unsaturated/α-hetero) is 1. The highest BCUT2D eigenvalue weighted by molar-refractivity contribution is 5.86. The van der Waals surface area contributed by atoms with Crippen LogP contribution >= 0.6 is 0 Å². The zero-order valence-corrected chi connectivity index (χ0v) is 21.9. The monoisotopic (exact) mass is 460 g/mol. The zero-order chi connectivity index (χ0) is 24.3. The number of carboxylic acid groups (broad SMARTS) is 1. The van der Waals surface area contributed by atoms with Crippen LogP contribution in [0.1, 0.15) is 106 Å². The summed E-state index contributed by atoms with van der Waals surface area (Å²) in [6.07, 6.45) is 8.83. The summed E-state index contributed by atoms with van der Waals surface area (Å²) in [5.74, 6) is 2.16. The fourth-order valence-electron chi connectivity index (χ4n) is 10.6. The van der Waals surface area contributed by atoms with Crippen LogP contribution in [0.3, 0.4) is 0 Å². The lowest BCUT2D eigenvalue weighted by atomic mass is 9.34. The van der Waals surface area contributed by atoms with E-state index in [0.29, 0.717) is 35.4 Å². The molecule has 0 aromatic carbocycles. The van der Waals surface area contributed by atoms with E-state index in [4.69, 9.17) is 0 Å². The van der Waals surface area contributed by atoms with Crippen LogP contribution in [0.4, 0.5) is 0 Å². The Morgan fingerprint density at radius 1 is 1.06 bits per heavy atom. The summed E-state index contributed by atoms with van der Waals surface area (Å²) in [6, 6.07) is 0. The largest absolute Gasteiger partial charge is 0.481 e. The van der Waals surface area contributed by atoms with Crippen LogP contribution in [-0.2, 0) is 9.59 Å². The number of hydrogen-bond donors (Lipinski definition) is 2. The van der Waals surface area contributed by atoms with E-state index >= 15 is 0 Å².